The lowest BCUT2D eigenvalue weighted by molar-refractivity contribution is -0.129. The summed E-state index contributed by atoms with van der Waals surface area (Å²) in [4.78, 5) is 28.2. The van der Waals surface area contributed by atoms with Gasteiger partial charge in [-0.25, -0.2) is 0 Å². The van der Waals surface area contributed by atoms with E-state index in [2.05, 4.69) is 15.9 Å². The van der Waals surface area contributed by atoms with Gasteiger partial charge in [-0.2, -0.15) is 0 Å². The first-order chi connectivity index (χ1) is 16.3. The lowest BCUT2D eigenvalue weighted by Crippen LogP contribution is -2.41. The van der Waals surface area contributed by atoms with Crippen LogP contribution < -0.4 is 4.74 Å². The van der Waals surface area contributed by atoms with Crippen LogP contribution in [0.3, 0.4) is 0 Å². The number of nitrogens with zero attached hydrogens (tertiary/aromatic N) is 1. The van der Waals surface area contributed by atoms with Gasteiger partial charge in [0.15, 0.2) is 5.78 Å². The van der Waals surface area contributed by atoms with E-state index in [0.717, 1.165) is 10.0 Å². The van der Waals surface area contributed by atoms with Gasteiger partial charge in [-0.3, -0.25) is 9.59 Å². The summed E-state index contributed by atoms with van der Waals surface area (Å²) in [5.41, 5.74) is 2.65. The SMILES string of the molecule is CC(C)N(C(=O)/C=C/c1cc(Br)cc(C(=O)c2ccccc2)c1OCc1ccccc1)C(C)C. The molecule has 0 aromatic heterocycles. The highest BCUT2D eigenvalue weighted by atomic mass is 79.9. The summed E-state index contributed by atoms with van der Waals surface area (Å²) >= 11 is 3.53. The van der Waals surface area contributed by atoms with Crippen LogP contribution in [0.2, 0.25) is 0 Å². The van der Waals surface area contributed by atoms with Crippen LogP contribution in [0.25, 0.3) is 6.08 Å². The molecule has 0 aliphatic heterocycles. The first-order valence-electron chi connectivity index (χ1n) is 11.4. The first-order valence-corrected chi connectivity index (χ1v) is 12.2. The van der Waals surface area contributed by atoms with E-state index >= 15 is 0 Å². The van der Waals surface area contributed by atoms with Crippen LogP contribution in [0.4, 0.5) is 0 Å². The molecular formula is C29H30BrNO3. The van der Waals surface area contributed by atoms with E-state index in [4.69, 9.17) is 4.74 Å². The zero-order valence-corrected chi connectivity index (χ0v) is 21.6. The predicted octanol–water partition coefficient (Wildman–Crippen LogP) is 6.92. The fourth-order valence-electron chi connectivity index (χ4n) is 3.90. The number of halogens is 1. The Kier molecular flexibility index (Phi) is 8.83. The Balaban J connectivity index is 2.04. The van der Waals surface area contributed by atoms with Crippen molar-refractivity contribution in [3.05, 3.63) is 106 Å². The minimum atomic E-state index is -0.142. The second kappa shape index (κ2) is 11.8. The van der Waals surface area contributed by atoms with Crippen LogP contribution in [-0.4, -0.2) is 28.7 Å². The van der Waals surface area contributed by atoms with E-state index in [0.29, 0.717) is 29.0 Å². The number of amides is 1. The number of hydrogen-bond donors (Lipinski definition) is 0. The third-order valence-corrected chi connectivity index (χ3v) is 5.82. The lowest BCUT2D eigenvalue weighted by atomic mass is 9.99. The third-order valence-electron chi connectivity index (χ3n) is 5.36. The minimum Gasteiger partial charge on any atom is -0.488 e. The molecule has 0 bridgehead atoms. The number of rotatable bonds is 9. The van der Waals surface area contributed by atoms with Crippen molar-refractivity contribution >= 4 is 33.7 Å². The molecular weight excluding hydrogens is 490 g/mol. The maximum atomic E-state index is 13.4. The van der Waals surface area contributed by atoms with Gasteiger partial charge in [0.05, 0.1) is 5.56 Å². The summed E-state index contributed by atoms with van der Waals surface area (Å²) in [6.45, 7) is 8.29. The monoisotopic (exact) mass is 519 g/mol. The molecule has 176 valence electrons. The first kappa shape index (κ1) is 25.4. The van der Waals surface area contributed by atoms with Crippen molar-refractivity contribution in [2.24, 2.45) is 0 Å². The molecule has 3 aromatic rings. The van der Waals surface area contributed by atoms with Gasteiger partial charge < -0.3 is 9.64 Å². The van der Waals surface area contributed by atoms with Gasteiger partial charge in [-0.1, -0.05) is 76.6 Å². The maximum absolute atomic E-state index is 13.4. The molecule has 0 heterocycles. The molecule has 34 heavy (non-hydrogen) atoms. The van der Waals surface area contributed by atoms with Crippen molar-refractivity contribution in [3.8, 4) is 5.75 Å². The van der Waals surface area contributed by atoms with Gasteiger partial charge in [0.25, 0.3) is 0 Å². The molecule has 0 atom stereocenters. The molecule has 0 unspecified atom stereocenters. The fraction of sp³-hybridized carbons (Fsp3) is 0.241. The third kappa shape index (κ3) is 6.45. The summed E-state index contributed by atoms with van der Waals surface area (Å²) < 4.78 is 6.95. The van der Waals surface area contributed by atoms with Gasteiger partial charge in [-0.15, -0.1) is 0 Å². The Morgan fingerprint density at radius 1 is 0.912 bits per heavy atom. The van der Waals surface area contributed by atoms with Crippen molar-refractivity contribution in [1.29, 1.82) is 0 Å². The Morgan fingerprint density at radius 2 is 1.50 bits per heavy atom. The molecule has 5 heteroatoms. The van der Waals surface area contributed by atoms with Crippen molar-refractivity contribution in [1.82, 2.24) is 4.90 Å². The zero-order chi connectivity index (χ0) is 24.7. The highest BCUT2D eigenvalue weighted by Gasteiger charge is 2.21. The highest BCUT2D eigenvalue weighted by molar-refractivity contribution is 9.10. The molecule has 3 rings (SSSR count). The van der Waals surface area contributed by atoms with Gasteiger partial charge in [0.1, 0.15) is 12.4 Å². The van der Waals surface area contributed by atoms with Crippen LogP contribution in [0.15, 0.2) is 83.3 Å². The van der Waals surface area contributed by atoms with Gasteiger partial charge in [0, 0.05) is 33.8 Å². The largest absolute Gasteiger partial charge is 0.488 e. The molecule has 0 aliphatic carbocycles. The van der Waals surface area contributed by atoms with Gasteiger partial charge in [0.2, 0.25) is 5.91 Å². The van der Waals surface area contributed by atoms with Crippen molar-refractivity contribution in [3.63, 3.8) is 0 Å². The van der Waals surface area contributed by atoms with E-state index in [9.17, 15) is 9.59 Å². The van der Waals surface area contributed by atoms with Crippen LogP contribution in [0, 0.1) is 0 Å². The average Bonchev–Trinajstić information content (AvgIpc) is 2.82. The van der Waals surface area contributed by atoms with Gasteiger partial charge >= 0.3 is 0 Å². The Bertz CT molecular complexity index is 1150. The van der Waals surface area contributed by atoms with Crippen LogP contribution >= 0.6 is 15.9 Å². The van der Waals surface area contributed by atoms with Crippen LogP contribution in [0.5, 0.6) is 5.75 Å². The molecule has 0 spiro atoms. The normalized spacial score (nSPS) is 11.3. The number of benzene rings is 3. The second-order valence-corrected chi connectivity index (χ2v) is 9.52. The number of carbonyl (C=O) groups is 2. The fourth-order valence-corrected chi connectivity index (χ4v) is 4.37. The van der Waals surface area contributed by atoms with E-state index in [1.807, 2.05) is 87.2 Å². The quantitative estimate of drug-likeness (QED) is 0.227. The highest BCUT2D eigenvalue weighted by Crippen LogP contribution is 2.32. The summed E-state index contributed by atoms with van der Waals surface area (Å²) in [5.74, 6) is 0.220. The Labute approximate surface area is 210 Å². The number of ether oxygens (including phenoxy) is 1. The average molecular weight is 520 g/mol. The standard InChI is InChI=1S/C29H30BrNO3/c1-20(2)31(21(3)4)27(32)16-15-24-17-25(30)18-26(28(33)23-13-9-6-10-14-23)29(24)34-19-22-11-7-5-8-12-22/h5-18,20-21H,19H2,1-4H3/b16-15+. The summed E-state index contributed by atoms with van der Waals surface area (Å²) in [6, 6.07) is 22.7. The van der Waals surface area contributed by atoms with Crippen LogP contribution in [-0.2, 0) is 11.4 Å². The number of hydrogen-bond acceptors (Lipinski definition) is 3. The molecule has 0 radical (unpaired) electrons. The predicted molar refractivity (Wildman–Crippen MR) is 141 cm³/mol. The maximum Gasteiger partial charge on any atom is 0.247 e. The molecule has 0 aliphatic rings. The summed E-state index contributed by atoms with van der Waals surface area (Å²) in [6.07, 6.45) is 3.28. The molecule has 0 saturated carbocycles. The molecule has 3 aromatic carbocycles. The Morgan fingerprint density at radius 3 is 2.09 bits per heavy atom. The summed E-state index contributed by atoms with van der Waals surface area (Å²) in [5, 5.41) is 0. The van der Waals surface area contributed by atoms with Crippen molar-refractivity contribution in [2.45, 2.75) is 46.4 Å². The minimum absolute atomic E-state index is 0.0729. The van der Waals surface area contributed by atoms with Crippen molar-refractivity contribution in [2.75, 3.05) is 0 Å². The summed E-state index contributed by atoms with van der Waals surface area (Å²) in [7, 11) is 0. The zero-order valence-electron chi connectivity index (χ0n) is 20.0. The van der Waals surface area contributed by atoms with Gasteiger partial charge in [-0.05, 0) is 51.5 Å². The van der Waals surface area contributed by atoms with E-state index in [-0.39, 0.29) is 23.8 Å². The molecule has 0 saturated heterocycles. The lowest BCUT2D eigenvalue weighted by Gasteiger charge is -2.29. The Hall–Kier alpha value is -3.18. The smallest absolute Gasteiger partial charge is 0.247 e. The molecule has 0 fully saturated rings. The van der Waals surface area contributed by atoms with Crippen LogP contribution in [0.1, 0.15) is 54.7 Å². The van der Waals surface area contributed by atoms with E-state index in [1.165, 1.54) is 0 Å². The molecule has 0 N–H and O–H groups in total. The molecule has 4 nitrogen and oxygen atoms in total. The van der Waals surface area contributed by atoms with E-state index in [1.54, 1.807) is 30.4 Å². The van der Waals surface area contributed by atoms with E-state index < -0.39 is 0 Å². The topological polar surface area (TPSA) is 46.6 Å². The second-order valence-electron chi connectivity index (χ2n) is 8.61. The molecule has 1 amide bonds. The van der Waals surface area contributed by atoms with Crippen molar-refractivity contribution < 1.29 is 14.3 Å². The number of carbonyl (C=O) groups excluding carboxylic acids is 2. The number of ketones is 1.